The second-order valence-corrected chi connectivity index (χ2v) is 8.46. The molecule has 0 spiro atoms. The molecule has 6 nitrogen and oxygen atoms in total. The van der Waals surface area contributed by atoms with E-state index in [4.69, 9.17) is 0 Å². The number of carbonyl (C=O) groups is 3. The number of piperidine rings is 1. The molecule has 2 rings (SSSR count). The molecule has 27 heavy (non-hydrogen) atoms. The zero-order valence-corrected chi connectivity index (χ0v) is 16.8. The number of amides is 2. The third kappa shape index (κ3) is 5.08. The number of nitrogens with one attached hydrogen (secondary N) is 1. The first-order chi connectivity index (χ1) is 12.5. The van der Waals surface area contributed by atoms with E-state index in [0.717, 1.165) is 17.5 Å². The molecule has 0 saturated carbocycles. The number of carboxylic acids is 1. The molecule has 1 heterocycles. The molecule has 0 radical (unpaired) electrons. The van der Waals surface area contributed by atoms with E-state index in [1.165, 1.54) is 0 Å². The fraction of sp³-hybridized carbons (Fsp3) is 0.571. The van der Waals surface area contributed by atoms with Crippen LogP contribution in [0.25, 0.3) is 0 Å². The first-order valence-electron chi connectivity index (χ1n) is 9.40. The zero-order valence-electron chi connectivity index (χ0n) is 16.8. The van der Waals surface area contributed by atoms with Gasteiger partial charge in [-0.15, -0.1) is 0 Å². The number of likely N-dealkylation sites (tertiary alicyclic amines) is 1. The number of rotatable bonds is 4. The number of aliphatic carboxylic acids is 1. The highest BCUT2D eigenvalue weighted by atomic mass is 16.4. The van der Waals surface area contributed by atoms with Gasteiger partial charge in [-0.25, -0.2) is 4.79 Å². The Balaban J connectivity index is 2.12. The number of nitrogens with zero attached hydrogens (tertiary/aromatic N) is 1. The molecule has 6 heteroatoms. The van der Waals surface area contributed by atoms with E-state index in [1.54, 1.807) is 17.0 Å². The summed E-state index contributed by atoms with van der Waals surface area (Å²) in [6, 6.07) is 4.30. The molecule has 1 saturated heterocycles. The van der Waals surface area contributed by atoms with Crippen LogP contribution >= 0.6 is 0 Å². The summed E-state index contributed by atoms with van der Waals surface area (Å²) in [6.07, 6.45) is 1.39. The predicted molar refractivity (Wildman–Crippen MR) is 103 cm³/mol. The highest BCUT2D eigenvalue weighted by Crippen LogP contribution is 2.25. The van der Waals surface area contributed by atoms with Crippen molar-refractivity contribution in [3.8, 4) is 0 Å². The van der Waals surface area contributed by atoms with Crippen LogP contribution in [0.5, 0.6) is 0 Å². The van der Waals surface area contributed by atoms with Crippen molar-refractivity contribution in [2.45, 2.75) is 53.5 Å². The largest absolute Gasteiger partial charge is 0.479 e. The van der Waals surface area contributed by atoms with Crippen LogP contribution in [0.1, 0.15) is 56.3 Å². The molecule has 2 unspecified atom stereocenters. The molecule has 0 aromatic heterocycles. The summed E-state index contributed by atoms with van der Waals surface area (Å²) in [5.41, 5.74) is 2.10. The van der Waals surface area contributed by atoms with Crippen LogP contribution in [0.2, 0.25) is 0 Å². The van der Waals surface area contributed by atoms with Crippen molar-refractivity contribution in [1.82, 2.24) is 10.2 Å². The lowest BCUT2D eigenvalue weighted by Gasteiger charge is -2.36. The molecule has 0 bridgehead atoms. The fourth-order valence-corrected chi connectivity index (χ4v) is 3.34. The molecule has 2 atom stereocenters. The van der Waals surface area contributed by atoms with Crippen molar-refractivity contribution < 1.29 is 19.5 Å². The standard InChI is InChI=1S/C21H30N2O4/c1-13-8-9-15(11-14(13)2)17(19(25)26)22-18(24)16-7-6-10-23(12-16)20(27)21(3,4)5/h8-9,11,16-17H,6-7,10,12H2,1-5H3,(H,22,24)(H,25,26). The van der Waals surface area contributed by atoms with Gasteiger partial charge in [0.2, 0.25) is 11.8 Å². The molecule has 2 amide bonds. The molecule has 1 aliphatic heterocycles. The summed E-state index contributed by atoms with van der Waals surface area (Å²) >= 11 is 0. The summed E-state index contributed by atoms with van der Waals surface area (Å²) in [6.45, 7) is 10.4. The number of carboxylic acid groups (broad SMARTS) is 1. The Morgan fingerprint density at radius 3 is 2.41 bits per heavy atom. The average molecular weight is 374 g/mol. The van der Waals surface area contributed by atoms with Crippen molar-refractivity contribution in [3.05, 3.63) is 34.9 Å². The Morgan fingerprint density at radius 1 is 1.19 bits per heavy atom. The van der Waals surface area contributed by atoms with Crippen LogP contribution in [0.3, 0.4) is 0 Å². The summed E-state index contributed by atoms with van der Waals surface area (Å²) in [5.74, 6) is -1.78. The maximum atomic E-state index is 12.7. The van der Waals surface area contributed by atoms with Gasteiger partial charge in [-0.1, -0.05) is 39.0 Å². The van der Waals surface area contributed by atoms with Crippen molar-refractivity contribution in [1.29, 1.82) is 0 Å². The van der Waals surface area contributed by atoms with Crippen LogP contribution in [0, 0.1) is 25.2 Å². The fourth-order valence-electron chi connectivity index (χ4n) is 3.34. The van der Waals surface area contributed by atoms with Crippen molar-refractivity contribution in [2.75, 3.05) is 13.1 Å². The molecular formula is C21H30N2O4. The number of hydrogen-bond donors (Lipinski definition) is 2. The Bertz CT molecular complexity index is 736. The minimum absolute atomic E-state index is 0.0175. The lowest BCUT2D eigenvalue weighted by Crippen LogP contribution is -2.49. The van der Waals surface area contributed by atoms with Gasteiger partial charge in [0.1, 0.15) is 0 Å². The normalized spacial score (nSPS) is 18.7. The lowest BCUT2D eigenvalue weighted by atomic mass is 9.90. The predicted octanol–water partition coefficient (Wildman–Crippen LogP) is 2.83. The number of hydrogen-bond acceptors (Lipinski definition) is 3. The van der Waals surface area contributed by atoms with E-state index in [2.05, 4.69) is 5.32 Å². The van der Waals surface area contributed by atoms with Gasteiger partial charge >= 0.3 is 5.97 Å². The Kier molecular flexibility index (Phi) is 6.29. The second kappa shape index (κ2) is 8.11. The Labute approximate surface area is 160 Å². The maximum absolute atomic E-state index is 12.7. The van der Waals surface area contributed by atoms with Crippen LogP contribution in [-0.2, 0) is 14.4 Å². The third-order valence-electron chi connectivity index (χ3n) is 5.12. The van der Waals surface area contributed by atoms with Crippen molar-refractivity contribution >= 4 is 17.8 Å². The number of benzene rings is 1. The monoisotopic (exact) mass is 374 g/mol. The van der Waals surface area contributed by atoms with E-state index < -0.39 is 23.3 Å². The Morgan fingerprint density at radius 2 is 1.85 bits per heavy atom. The molecule has 2 N–H and O–H groups in total. The SMILES string of the molecule is Cc1ccc(C(NC(=O)C2CCCN(C(=O)C(C)(C)C)C2)C(=O)O)cc1C. The van der Waals surface area contributed by atoms with Gasteiger partial charge in [-0.3, -0.25) is 9.59 Å². The summed E-state index contributed by atoms with van der Waals surface area (Å²) in [7, 11) is 0. The quantitative estimate of drug-likeness (QED) is 0.848. The maximum Gasteiger partial charge on any atom is 0.330 e. The molecule has 0 aliphatic carbocycles. The van der Waals surface area contributed by atoms with Crippen molar-refractivity contribution in [3.63, 3.8) is 0 Å². The van der Waals surface area contributed by atoms with Gasteiger partial charge in [0.15, 0.2) is 6.04 Å². The highest BCUT2D eigenvalue weighted by Gasteiger charge is 2.34. The first-order valence-corrected chi connectivity index (χ1v) is 9.40. The van der Waals surface area contributed by atoms with Crippen LogP contribution in [0.4, 0.5) is 0 Å². The number of carbonyl (C=O) groups excluding carboxylic acids is 2. The Hall–Kier alpha value is -2.37. The topological polar surface area (TPSA) is 86.7 Å². The first kappa shape index (κ1) is 20.9. The molecule has 148 valence electrons. The summed E-state index contributed by atoms with van der Waals surface area (Å²) in [5, 5.41) is 12.3. The van der Waals surface area contributed by atoms with Crippen LogP contribution in [-0.4, -0.2) is 40.9 Å². The zero-order chi connectivity index (χ0) is 20.4. The summed E-state index contributed by atoms with van der Waals surface area (Å²) in [4.78, 5) is 38.7. The van der Waals surface area contributed by atoms with E-state index in [1.807, 2.05) is 40.7 Å². The van der Waals surface area contributed by atoms with E-state index in [9.17, 15) is 19.5 Å². The molecular weight excluding hydrogens is 344 g/mol. The minimum Gasteiger partial charge on any atom is -0.479 e. The van der Waals surface area contributed by atoms with E-state index in [-0.39, 0.29) is 11.8 Å². The highest BCUT2D eigenvalue weighted by molar-refractivity contribution is 5.87. The van der Waals surface area contributed by atoms with Crippen molar-refractivity contribution in [2.24, 2.45) is 11.3 Å². The smallest absolute Gasteiger partial charge is 0.330 e. The van der Waals surface area contributed by atoms with Crippen LogP contribution in [0.15, 0.2) is 18.2 Å². The van der Waals surface area contributed by atoms with E-state index >= 15 is 0 Å². The molecule has 1 aromatic carbocycles. The van der Waals surface area contributed by atoms with Gasteiger partial charge in [-0.05, 0) is 43.4 Å². The van der Waals surface area contributed by atoms with Gasteiger partial charge in [0, 0.05) is 18.5 Å². The lowest BCUT2D eigenvalue weighted by molar-refractivity contribution is -0.145. The second-order valence-electron chi connectivity index (χ2n) is 8.46. The number of aryl methyl sites for hydroxylation is 2. The molecule has 1 aromatic rings. The van der Waals surface area contributed by atoms with E-state index in [0.29, 0.717) is 25.1 Å². The van der Waals surface area contributed by atoms with Gasteiger partial charge in [-0.2, -0.15) is 0 Å². The minimum atomic E-state index is -1.09. The van der Waals surface area contributed by atoms with Crippen LogP contribution < -0.4 is 5.32 Å². The average Bonchev–Trinajstić information content (AvgIpc) is 2.60. The molecule has 1 aliphatic rings. The van der Waals surface area contributed by atoms with Gasteiger partial charge < -0.3 is 15.3 Å². The molecule has 1 fully saturated rings. The van der Waals surface area contributed by atoms with Gasteiger partial charge in [0.25, 0.3) is 0 Å². The van der Waals surface area contributed by atoms with Gasteiger partial charge in [0.05, 0.1) is 5.92 Å². The summed E-state index contributed by atoms with van der Waals surface area (Å²) < 4.78 is 0. The third-order valence-corrected chi connectivity index (χ3v) is 5.12.